The van der Waals surface area contributed by atoms with Gasteiger partial charge in [0.2, 0.25) is 5.91 Å². The molecule has 4 amide bonds. The second-order valence-corrected chi connectivity index (χ2v) is 7.52. The lowest BCUT2D eigenvalue weighted by Gasteiger charge is -2.25. The molecule has 1 saturated heterocycles. The van der Waals surface area contributed by atoms with Gasteiger partial charge in [0.25, 0.3) is 5.91 Å². The van der Waals surface area contributed by atoms with E-state index in [1.807, 2.05) is 13.8 Å². The van der Waals surface area contributed by atoms with Gasteiger partial charge in [-0.3, -0.25) is 14.5 Å². The molecule has 0 aromatic heterocycles. The topological polar surface area (TPSA) is 88.2 Å². The van der Waals surface area contributed by atoms with Crippen LogP contribution in [-0.4, -0.2) is 60.5 Å². The summed E-state index contributed by atoms with van der Waals surface area (Å²) in [6.45, 7) is 10.7. The second kappa shape index (κ2) is 8.14. The number of nitrogens with zero attached hydrogens (tertiary/aromatic N) is 2. The highest BCUT2D eigenvalue weighted by molar-refractivity contribution is 6.09. The van der Waals surface area contributed by atoms with Gasteiger partial charge in [-0.2, -0.15) is 0 Å². The zero-order chi connectivity index (χ0) is 21.2. The number of ether oxygens (including phenoxy) is 2. The Bertz CT molecular complexity index is 853. The van der Waals surface area contributed by atoms with Gasteiger partial charge in [0, 0.05) is 19.5 Å². The van der Waals surface area contributed by atoms with E-state index in [0.717, 1.165) is 16.9 Å². The molecule has 2 aliphatic heterocycles. The minimum absolute atomic E-state index is 0.304. The third kappa shape index (κ3) is 4.06. The van der Waals surface area contributed by atoms with Crippen LogP contribution < -0.4 is 14.8 Å². The highest BCUT2D eigenvalue weighted by Crippen LogP contribution is 2.36. The predicted molar refractivity (Wildman–Crippen MR) is 107 cm³/mol. The van der Waals surface area contributed by atoms with Gasteiger partial charge in [0.05, 0.1) is 13.2 Å². The zero-order valence-electron chi connectivity index (χ0n) is 17.1. The Morgan fingerprint density at radius 1 is 1.28 bits per heavy atom. The summed E-state index contributed by atoms with van der Waals surface area (Å²) in [4.78, 5) is 40.8. The first-order chi connectivity index (χ1) is 13.8. The Morgan fingerprint density at radius 3 is 2.62 bits per heavy atom. The molecule has 2 heterocycles. The molecule has 0 radical (unpaired) electrons. The first kappa shape index (κ1) is 20.7. The summed E-state index contributed by atoms with van der Waals surface area (Å²) in [7, 11) is 0. The van der Waals surface area contributed by atoms with Gasteiger partial charge in [-0.15, -0.1) is 0 Å². The third-order valence-corrected chi connectivity index (χ3v) is 5.09. The van der Waals surface area contributed by atoms with Crippen molar-refractivity contribution in [2.45, 2.75) is 32.7 Å². The third-order valence-electron chi connectivity index (χ3n) is 5.09. The van der Waals surface area contributed by atoms with Crippen molar-refractivity contribution in [1.29, 1.82) is 0 Å². The first-order valence-corrected chi connectivity index (χ1v) is 9.72. The average molecular weight is 401 g/mol. The molecule has 0 bridgehead atoms. The molecule has 8 heteroatoms. The van der Waals surface area contributed by atoms with Crippen LogP contribution >= 0.6 is 0 Å². The Hall–Kier alpha value is -3.03. The van der Waals surface area contributed by atoms with Crippen molar-refractivity contribution < 1.29 is 23.9 Å². The summed E-state index contributed by atoms with van der Waals surface area (Å²) in [6, 6.07) is 4.59. The van der Waals surface area contributed by atoms with Crippen LogP contribution in [0.3, 0.4) is 0 Å². The molecule has 0 spiro atoms. The number of nitrogens with one attached hydrogen (secondary N) is 1. The molecule has 0 aliphatic carbocycles. The van der Waals surface area contributed by atoms with Gasteiger partial charge in [0.15, 0.2) is 11.5 Å². The smallest absolute Gasteiger partial charge is 0.325 e. The SMILES string of the molecule is C=C(C)CN(CC)C(=O)CN1C(=O)NC(C)(c2ccc3c(c2)OCCCO3)C1=O. The van der Waals surface area contributed by atoms with Gasteiger partial charge in [0.1, 0.15) is 12.1 Å². The van der Waals surface area contributed by atoms with E-state index in [1.165, 1.54) is 0 Å². The number of likely N-dealkylation sites (N-methyl/N-ethyl adjacent to an activating group) is 1. The van der Waals surface area contributed by atoms with E-state index < -0.39 is 17.5 Å². The molecular weight excluding hydrogens is 374 g/mol. The lowest BCUT2D eigenvalue weighted by atomic mass is 9.91. The number of benzene rings is 1. The van der Waals surface area contributed by atoms with Gasteiger partial charge in [-0.25, -0.2) is 4.79 Å². The second-order valence-electron chi connectivity index (χ2n) is 7.52. The standard InChI is InChI=1S/C21H27N3O5/c1-5-23(12-14(2)3)18(25)13-24-19(26)21(4,22-20(24)27)15-7-8-16-17(11-15)29-10-6-9-28-16/h7-8,11H,2,5-6,9-10,12-13H2,1,3-4H3,(H,22,27). The maximum absolute atomic E-state index is 13.1. The van der Waals surface area contributed by atoms with Gasteiger partial charge in [-0.05, 0) is 38.5 Å². The molecule has 2 aliphatic rings. The fraction of sp³-hybridized carbons (Fsp3) is 0.476. The highest BCUT2D eigenvalue weighted by atomic mass is 16.5. The number of imide groups is 1. The molecule has 0 saturated carbocycles. The van der Waals surface area contributed by atoms with E-state index in [0.29, 0.717) is 43.4 Å². The largest absolute Gasteiger partial charge is 0.490 e. The minimum atomic E-state index is -1.28. The van der Waals surface area contributed by atoms with Crippen LogP contribution in [0.25, 0.3) is 0 Å². The van der Waals surface area contributed by atoms with Gasteiger partial charge < -0.3 is 19.7 Å². The molecular formula is C21H27N3O5. The van der Waals surface area contributed by atoms with Crippen LogP contribution in [0.1, 0.15) is 32.8 Å². The number of hydrogen-bond acceptors (Lipinski definition) is 5. The van der Waals surface area contributed by atoms with Crippen molar-refractivity contribution in [3.63, 3.8) is 0 Å². The number of fused-ring (bicyclic) bond motifs is 1. The van der Waals surface area contributed by atoms with Crippen LogP contribution in [0.2, 0.25) is 0 Å². The van der Waals surface area contributed by atoms with E-state index >= 15 is 0 Å². The van der Waals surface area contributed by atoms with E-state index in [9.17, 15) is 14.4 Å². The molecule has 1 aromatic rings. The van der Waals surface area contributed by atoms with Gasteiger partial charge in [-0.1, -0.05) is 18.2 Å². The Balaban J connectivity index is 1.81. The zero-order valence-corrected chi connectivity index (χ0v) is 17.1. The molecule has 1 N–H and O–H groups in total. The van der Waals surface area contributed by atoms with Crippen molar-refractivity contribution in [2.75, 3.05) is 32.8 Å². The van der Waals surface area contributed by atoms with E-state index in [1.54, 1.807) is 30.0 Å². The summed E-state index contributed by atoms with van der Waals surface area (Å²) in [5.74, 6) is 0.368. The number of hydrogen-bond donors (Lipinski definition) is 1. The first-order valence-electron chi connectivity index (χ1n) is 9.72. The lowest BCUT2D eigenvalue weighted by molar-refractivity contribution is -0.138. The maximum Gasteiger partial charge on any atom is 0.325 e. The van der Waals surface area contributed by atoms with Crippen LogP contribution in [0, 0.1) is 0 Å². The summed E-state index contributed by atoms with van der Waals surface area (Å²) >= 11 is 0. The number of rotatable bonds is 6. The van der Waals surface area contributed by atoms with Crippen molar-refractivity contribution in [2.24, 2.45) is 0 Å². The average Bonchev–Trinajstić information content (AvgIpc) is 2.85. The fourth-order valence-electron chi connectivity index (χ4n) is 3.45. The summed E-state index contributed by atoms with van der Waals surface area (Å²) in [5.41, 5.74) is 0.117. The monoisotopic (exact) mass is 401 g/mol. The van der Waals surface area contributed by atoms with E-state index in [2.05, 4.69) is 11.9 Å². The molecule has 1 atom stereocenters. The molecule has 8 nitrogen and oxygen atoms in total. The lowest BCUT2D eigenvalue weighted by Crippen LogP contribution is -2.44. The van der Waals surface area contributed by atoms with E-state index in [4.69, 9.17) is 9.47 Å². The quantitative estimate of drug-likeness (QED) is 0.582. The minimum Gasteiger partial charge on any atom is -0.490 e. The van der Waals surface area contributed by atoms with Crippen molar-refractivity contribution >= 4 is 17.8 Å². The van der Waals surface area contributed by atoms with Crippen LogP contribution in [0.5, 0.6) is 11.5 Å². The molecule has 156 valence electrons. The summed E-state index contributed by atoms with van der Waals surface area (Å²) in [5, 5.41) is 2.72. The number of carbonyl (C=O) groups excluding carboxylic acids is 3. The summed E-state index contributed by atoms with van der Waals surface area (Å²) in [6.07, 6.45) is 0.769. The predicted octanol–water partition coefficient (Wildman–Crippen LogP) is 2.04. The number of carbonyl (C=O) groups is 3. The van der Waals surface area contributed by atoms with Crippen LogP contribution in [0.15, 0.2) is 30.4 Å². The Labute approximate surface area is 170 Å². The maximum atomic E-state index is 13.1. The van der Waals surface area contributed by atoms with Gasteiger partial charge >= 0.3 is 6.03 Å². The van der Waals surface area contributed by atoms with Crippen LogP contribution in [-0.2, 0) is 15.1 Å². The number of urea groups is 1. The Morgan fingerprint density at radius 2 is 1.97 bits per heavy atom. The molecule has 1 unspecified atom stereocenters. The van der Waals surface area contributed by atoms with E-state index in [-0.39, 0.29) is 12.5 Å². The molecule has 1 aromatic carbocycles. The normalized spacial score (nSPS) is 20.9. The van der Waals surface area contributed by atoms with Crippen LogP contribution in [0.4, 0.5) is 4.79 Å². The molecule has 29 heavy (non-hydrogen) atoms. The fourth-order valence-corrected chi connectivity index (χ4v) is 3.45. The van der Waals surface area contributed by atoms with Crippen molar-refractivity contribution in [1.82, 2.24) is 15.1 Å². The highest BCUT2D eigenvalue weighted by Gasteiger charge is 2.50. The molecule has 3 rings (SSSR count). The molecule has 1 fully saturated rings. The van der Waals surface area contributed by atoms with Crippen molar-refractivity contribution in [3.8, 4) is 11.5 Å². The number of amides is 4. The Kier molecular flexibility index (Phi) is 5.81. The van der Waals surface area contributed by atoms with Crippen molar-refractivity contribution in [3.05, 3.63) is 35.9 Å². The summed E-state index contributed by atoms with van der Waals surface area (Å²) < 4.78 is 11.3.